The van der Waals surface area contributed by atoms with E-state index in [2.05, 4.69) is 10.3 Å². The second-order valence-electron chi connectivity index (χ2n) is 5.09. The Morgan fingerprint density at radius 1 is 1.23 bits per heavy atom. The van der Waals surface area contributed by atoms with Crippen LogP contribution in [0.25, 0.3) is 10.9 Å². The summed E-state index contributed by atoms with van der Waals surface area (Å²) in [5.74, 6) is -0.448. The van der Waals surface area contributed by atoms with Gasteiger partial charge in [-0.15, -0.1) is 0 Å². The molecule has 6 nitrogen and oxygen atoms in total. The molecule has 1 aromatic carbocycles. The third-order valence-electron chi connectivity index (χ3n) is 3.08. The number of fused-ring (bicyclic) bond motifs is 1. The Bertz CT molecular complexity index is 716. The van der Waals surface area contributed by atoms with Crippen LogP contribution in [0.3, 0.4) is 0 Å². The molecule has 0 atom stereocenters. The molecule has 1 aliphatic heterocycles. The summed E-state index contributed by atoms with van der Waals surface area (Å²) < 4.78 is 35.1. The fraction of sp³-hybridized carbons (Fsp3) is 0.400. The number of ether oxygens (including phenoxy) is 1. The zero-order chi connectivity index (χ0) is 16.0. The molecule has 0 radical (unpaired) electrons. The van der Waals surface area contributed by atoms with Crippen molar-refractivity contribution in [2.45, 2.75) is 12.7 Å². The van der Waals surface area contributed by atoms with Crippen molar-refractivity contribution in [1.29, 1.82) is 0 Å². The number of nitrogens with zero attached hydrogens (tertiary/aromatic N) is 1. The molecule has 2 N–H and O–H groups in total. The first-order chi connectivity index (χ1) is 10.4. The highest BCUT2D eigenvalue weighted by Crippen LogP contribution is 2.15. The number of benzene rings is 1. The zero-order valence-electron chi connectivity index (χ0n) is 12.4. The van der Waals surface area contributed by atoms with E-state index in [1.165, 1.54) is 0 Å². The summed E-state index contributed by atoms with van der Waals surface area (Å²) in [6.45, 7) is 5.81. The van der Waals surface area contributed by atoms with Crippen LogP contribution in [0.5, 0.6) is 0 Å². The molecule has 1 saturated heterocycles. The maximum Gasteiger partial charge on any atom is 0.270 e. The van der Waals surface area contributed by atoms with Crippen molar-refractivity contribution >= 4 is 21.0 Å². The Morgan fingerprint density at radius 2 is 1.95 bits per heavy atom. The molecule has 2 heterocycles. The van der Waals surface area contributed by atoms with Crippen LogP contribution in [0.2, 0.25) is 0 Å². The fourth-order valence-electron chi connectivity index (χ4n) is 2.07. The Labute approximate surface area is 130 Å². The largest absolute Gasteiger partial charge is 0.379 e. The maximum absolute atomic E-state index is 10.7. The van der Waals surface area contributed by atoms with Crippen LogP contribution in [0.15, 0.2) is 30.3 Å². The van der Waals surface area contributed by atoms with E-state index in [1.54, 1.807) is 12.1 Å². The summed E-state index contributed by atoms with van der Waals surface area (Å²) in [7, 11) is -4.02. The van der Waals surface area contributed by atoms with Gasteiger partial charge in [0.2, 0.25) is 0 Å². The lowest BCUT2D eigenvalue weighted by Gasteiger charge is -2.10. The van der Waals surface area contributed by atoms with E-state index in [0.717, 1.165) is 42.8 Å². The van der Waals surface area contributed by atoms with Crippen molar-refractivity contribution in [2.24, 2.45) is 0 Å². The molecule has 0 bridgehead atoms. The van der Waals surface area contributed by atoms with Gasteiger partial charge in [-0.1, -0.05) is 17.7 Å². The average Bonchev–Trinajstić information content (AvgIpc) is 2.48. The van der Waals surface area contributed by atoms with Crippen molar-refractivity contribution in [1.82, 2.24) is 10.3 Å². The minimum atomic E-state index is -4.02. The molecular weight excluding hydrogens is 304 g/mol. The lowest BCUT2D eigenvalue weighted by molar-refractivity contribution is 0.109. The van der Waals surface area contributed by atoms with Crippen LogP contribution >= 0.6 is 0 Å². The van der Waals surface area contributed by atoms with Crippen LogP contribution in [-0.2, 0) is 20.6 Å². The first-order valence-corrected chi connectivity index (χ1v) is 8.65. The first-order valence-electron chi connectivity index (χ1n) is 7.04. The number of aryl methyl sites for hydroxylation is 1. The summed E-state index contributed by atoms with van der Waals surface area (Å²) in [4.78, 5) is 4.16. The number of nitrogens with one attached hydrogen (secondary N) is 1. The van der Waals surface area contributed by atoms with Gasteiger partial charge in [-0.2, -0.15) is 8.42 Å². The molecular formula is C15H20N2O4S. The predicted octanol–water partition coefficient (Wildman–Crippen LogP) is 1.54. The zero-order valence-corrected chi connectivity index (χ0v) is 13.3. The van der Waals surface area contributed by atoms with Crippen molar-refractivity contribution in [3.05, 3.63) is 41.6 Å². The predicted molar refractivity (Wildman–Crippen MR) is 85.4 cm³/mol. The van der Waals surface area contributed by atoms with Crippen LogP contribution in [-0.4, -0.2) is 44.3 Å². The number of aromatic nitrogens is 1. The minimum absolute atomic E-state index is 0.346. The third kappa shape index (κ3) is 5.69. The molecule has 120 valence electrons. The molecule has 3 rings (SSSR count). The molecule has 7 heteroatoms. The summed E-state index contributed by atoms with van der Waals surface area (Å²) in [5, 5.41) is 4.12. The second-order valence-corrected chi connectivity index (χ2v) is 6.54. The monoisotopic (exact) mass is 324 g/mol. The van der Waals surface area contributed by atoms with Gasteiger partial charge >= 0.3 is 0 Å². The van der Waals surface area contributed by atoms with Gasteiger partial charge in [0.05, 0.1) is 24.4 Å². The third-order valence-corrected chi connectivity index (χ3v) is 3.74. The summed E-state index contributed by atoms with van der Waals surface area (Å²) in [5.41, 5.74) is 2.20. The average molecular weight is 324 g/mol. The van der Waals surface area contributed by atoms with Crippen LogP contribution < -0.4 is 5.32 Å². The summed E-state index contributed by atoms with van der Waals surface area (Å²) >= 11 is 0. The van der Waals surface area contributed by atoms with Gasteiger partial charge in [0.25, 0.3) is 10.1 Å². The highest BCUT2D eigenvalue weighted by molar-refractivity contribution is 7.85. The van der Waals surface area contributed by atoms with Crippen LogP contribution in [0.1, 0.15) is 11.3 Å². The van der Waals surface area contributed by atoms with Crippen molar-refractivity contribution in [3.8, 4) is 0 Å². The Morgan fingerprint density at radius 3 is 2.50 bits per heavy atom. The molecule has 0 spiro atoms. The Balaban J connectivity index is 0.000000246. The Kier molecular flexibility index (Phi) is 5.84. The molecule has 0 saturated carbocycles. The lowest BCUT2D eigenvalue weighted by Crippen LogP contribution is -2.30. The molecule has 1 fully saturated rings. The molecule has 0 amide bonds. The van der Waals surface area contributed by atoms with Crippen molar-refractivity contribution in [2.75, 3.05) is 26.3 Å². The van der Waals surface area contributed by atoms with Crippen LogP contribution in [0, 0.1) is 6.92 Å². The normalized spacial score (nSPS) is 15.2. The van der Waals surface area contributed by atoms with E-state index >= 15 is 0 Å². The van der Waals surface area contributed by atoms with Gasteiger partial charge in [-0.05, 0) is 25.1 Å². The van der Waals surface area contributed by atoms with E-state index in [0.29, 0.717) is 5.69 Å². The number of rotatable bonds is 2. The van der Waals surface area contributed by atoms with Crippen molar-refractivity contribution < 1.29 is 17.7 Å². The molecule has 1 aromatic heterocycles. The topological polar surface area (TPSA) is 88.5 Å². The lowest BCUT2D eigenvalue weighted by atomic mass is 10.1. The van der Waals surface area contributed by atoms with Crippen LogP contribution in [0.4, 0.5) is 0 Å². The van der Waals surface area contributed by atoms with Gasteiger partial charge in [-0.25, -0.2) is 0 Å². The van der Waals surface area contributed by atoms with Gasteiger partial charge in [0.1, 0.15) is 5.75 Å². The van der Waals surface area contributed by atoms with Gasteiger partial charge < -0.3 is 10.1 Å². The van der Waals surface area contributed by atoms with E-state index in [4.69, 9.17) is 9.29 Å². The van der Waals surface area contributed by atoms with E-state index in [-0.39, 0.29) is 0 Å². The van der Waals surface area contributed by atoms with Crippen molar-refractivity contribution in [3.63, 3.8) is 0 Å². The van der Waals surface area contributed by atoms with Gasteiger partial charge in [0.15, 0.2) is 0 Å². The molecule has 22 heavy (non-hydrogen) atoms. The molecule has 2 aromatic rings. The van der Waals surface area contributed by atoms with E-state index < -0.39 is 15.9 Å². The first kappa shape index (κ1) is 16.8. The maximum atomic E-state index is 10.7. The number of hydrogen-bond donors (Lipinski definition) is 2. The highest BCUT2D eigenvalue weighted by Gasteiger charge is 2.08. The van der Waals surface area contributed by atoms with Gasteiger partial charge in [0, 0.05) is 18.5 Å². The number of hydrogen-bond acceptors (Lipinski definition) is 5. The quantitative estimate of drug-likeness (QED) is 0.815. The fourth-order valence-corrected chi connectivity index (χ4v) is 2.60. The van der Waals surface area contributed by atoms with E-state index in [1.807, 2.05) is 25.1 Å². The second kappa shape index (κ2) is 7.64. The number of morpholine rings is 1. The molecule has 1 aliphatic rings. The minimum Gasteiger partial charge on any atom is -0.379 e. The number of pyridine rings is 1. The molecule has 0 aliphatic carbocycles. The SMILES string of the molecule is C1COCCN1.Cc1ccc2nc(CS(=O)(=O)O)ccc2c1. The standard InChI is InChI=1S/C11H11NO3S.C4H9NO/c1-8-2-5-11-9(6-8)3-4-10(12-11)7-16(13,14)15;1-3-6-4-2-5-1/h2-6H,7H2,1H3,(H,13,14,15);5H,1-4H2. The summed E-state index contributed by atoms with van der Waals surface area (Å²) in [6.07, 6.45) is 0. The van der Waals surface area contributed by atoms with E-state index in [9.17, 15) is 8.42 Å². The smallest absolute Gasteiger partial charge is 0.270 e. The molecule has 0 unspecified atom stereocenters. The highest BCUT2D eigenvalue weighted by atomic mass is 32.2. The summed E-state index contributed by atoms with van der Waals surface area (Å²) in [6, 6.07) is 9.12. The van der Waals surface area contributed by atoms with Gasteiger partial charge in [-0.3, -0.25) is 9.54 Å². The Hall–Kier alpha value is -1.54.